The van der Waals surface area contributed by atoms with Crippen molar-refractivity contribution in [3.8, 4) is 0 Å². The lowest BCUT2D eigenvalue weighted by Crippen LogP contribution is -2.29. The molecule has 2 rings (SSSR count). The van der Waals surface area contributed by atoms with Gasteiger partial charge in [0.2, 0.25) is 5.62 Å². The zero-order valence-electron chi connectivity index (χ0n) is 19.4. The van der Waals surface area contributed by atoms with Crippen LogP contribution >= 0.6 is 12.4 Å². The number of para-hydroxylation sites is 2. The minimum absolute atomic E-state index is 0. The number of fused-ring (bicyclic) bond motifs is 1. The number of hydrogen-bond donors (Lipinski definition) is 1. The molecule has 0 atom stereocenters. The molecule has 1 heterocycles. The summed E-state index contributed by atoms with van der Waals surface area (Å²) in [5.41, 5.74) is 2.72. The van der Waals surface area contributed by atoms with Crippen molar-refractivity contribution in [1.29, 1.82) is 5.41 Å². The van der Waals surface area contributed by atoms with Gasteiger partial charge in [0.25, 0.3) is 0 Å². The Morgan fingerprint density at radius 2 is 1.37 bits per heavy atom. The Hall–Kier alpha value is -1.30. The van der Waals surface area contributed by atoms with Crippen molar-refractivity contribution in [1.82, 2.24) is 14.0 Å². The quantitative estimate of drug-likeness (QED) is 0.336. The van der Waals surface area contributed by atoms with E-state index >= 15 is 0 Å². The van der Waals surface area contributed by atoms with Gasteiger partial charge in [0, 0.05) is 19.7 Å². The Labute approximate surface area is 189 Å². The number of rotatable bonds is 16. The maximum atomic E-state index is 8.60. The molecule has 5 nitrogen and oxygen atoms in total. The van der Waals surface area contributed by atoms with Gasteiger partial charge in [0.1, 0.15) is 6.73 Å². The molecule has 0 saturated heterocycles. The highest BCUT2D eigenvalue weighted by molar-refractivity contribution is 5.85. The van der Waals surface area contributed by atoms with Crippen molar-refractivity contribution >= 4 is 23.4 Å². The zero-order valence-corrected chi connectivity index (χ0v) is 20.2. The third-order valence-corrected chi connectivity index (χ3v) is 5.61. The highest BCUT2D eigenvalue weighted by Gasteiger charge is 2.10. The number of nitrogens with zero attached hydrogens (tertiary/aromatic N) is 3. The number of imidazole rings is 1. The van der Waals surface area contributed by atoms with Gasteiger partial charge in [-0.25, -0.2) is 0 Å². The monoisotopic (exact) mass is 438 g/mol. The molecule has 1 aromatic carbocycles. The minimum Gasteiger partial charge on any atom is -0.361 e. The maximum absolute atomic E-state index is 8.60. The number of hydrogen-bond acceptors (Lipinski definition) is 3. The van der Waals surface area contributed by atoms with Crippen LogP contribution in [0.25, 0.3) is 11.0 Å². The van der Waals surface area contributed by atoms with Crippen LogP contribution in [0.1, 0.15) is 71.1 Å². The fraction of sp³-hybridized carbons (Fsp3) is 0.708. The zero-order chi connectivity index (χ0) is 20.9. The molecule has 172 valence electrons. The van der Waals surface area contributed by atoms with E-state index < -0.39 is 0 Å². The number of likely N-dealkylation sites (N-methyl/N-ethyl adjacent to an activating group) is 1. The van der Waals surface area contributed by atoms with E-state index in [1.165, 1.54) is 57.8 Å². The van der Waals surface area contributed by atoms with Crippen LogP contribution in [0, 0.1) is 5.41 Å². The fourth-order valence-corrected chi connectivity index (χ4v) is 3.80. The van der Waals surface area contributed by atoms with E-state index in [9.17, 15) is 0 Å². The lowest BCUT2D eigenvalue weighted by atomic mass is 10.1. The van der Waals surface area contributed by atoms with E-state index in [-0.39, 0.29) is 12.4 Å². The van der Waals surface area contributed by atoms with Crippen molar-refractivity contribution < 1.29 is 4.74 Å². The average molecular weight is 439 g/mol. The molecule has 0 aliphatic carbocycles. The molecule has 1 N–H and O–H groups in total. The van der Waals surface area contributed by atoms with Crippen LogP contribution in [-0.4, -0.2) is 41.3 Å². The molecule has 0 saturated carbocycles. The number of benzene rings is 1. The van der Waals surface area contributed by atoms with E-state index in [1.54, 1.807) is 0 Å². The van der Waals surface area contributed by atoms with Gasteiger partial charge in [0.05, 0.1) is 11.0 Å². The van der Waals surface area contributed by atoms with E-state index in [0.29, 0.717) is 12.3 Å². The number of halogens is 1. The highest BCUT2D eigenvalue weighted by Crippen LogP contribution is 2.13. The lowest BCUT2D eigenvalue weighted by Gasteiger charge is -2.10. The summed E-state index contributed by atoms with van der Waals surface area (Å²) in [6.07, 6.45) is 13.4. The van der Waals surface area contributed by atoms with Gasteiger partial charge in [-0.05, 0) is 32.6 Å². The number of aromatic nitrogens is 2. The molecule has 30 heavy (non-hydrogen) atoms. The standard InChI is InChI=1S/C24H42N4O.ClH/c1-4-5-6-7-8-9-10-11-12-15-20-29-21-28-23-17-14-13-16-22(23)27(24(28)25)19-18-26(2)3;/h13-14,16-17,25H,4-12,15,18-21H2,1-3H3;1H. The van der Waals surface area contributed by atoms with Crippen molar-refractivity contribution in [2.45, 2.75) is 84.4 Å². The molecule has 0 spiro atoms. The second-order valence-corrected chi connectivity index (χ2v) is 8.41. The third-order valence-electron chi connectivity index (χ3n) is 5.61. The summed E-state index contributed by atoms with van der Waals surface area (Å²) in [4.78, 5) is 2.15. The summed E-state index contributed by atoms with van der Waals surface area (Å²) < 4.78 is 10.0. The fourth-order valence-electron chi connectivity index (χ4n) is 3.80. The predicted molar refractivity (Wildman–Crippen MR) is 129 cm³/mol. The molecule has 0 amide bonds. The molecule has 0 aliphatic heterocycles. The highest BCUT2D eigenvalue weighted by atomic mass is 35.5. The van der Waals surface area contributed by atoms with Gasteiger partial charge in [0.15, 0.2) is 0 Å². The Morgan fingerprint density at radius 1 is 0.833 bits per heavy atom. The van der Waals surface area contributed by atoms with Gasteiger partial charge in [-0.15, -0.1) is 12.4 Å². The molecule has 0 unspecified atom stereocenters. The molecule has 1 aromatic heterocycles. The molecule has 0 aliphatic rings. The first-order chi connectivity index (χ1) is 14.1. The summed E-state index contributed by atoms with van der Waals surface area (Å²) in [5, 5.41) is 8.60. The summed E-state index contributed by atoms with van der Waals surface area (Å²) in [7, 11) is 4.14. The molecular formula is C24H43ClN4O. The smallest absolute Gasteiger partial charge is 0.204 e. The van der Waals surface area contributed by atoms with Crippen LogP contribution in [0.3, 0.4) is 0 Å². The number of nitrogens with one attached hydrogen (secondary N) is 1. The largest absolute Gasteiger partial charge is 0.361 e. The SMILES string of the molecule is CCCCCCCCCCCCOCn1c(=N)n(CCN(C)C)c2ccccc21.Cl. The van der Waals surface area contributed by atoms with Gasteiger partial charge in [-0.3, -0.25) is 9.98 Å². The summed E-state index contributed by atoms with van der Waals surface area (Å²) >= 11 is 0. The molecule has 0 bridgehead atoms. The molecule has 0 radical (unpaired) electrons. The summed E-state index contributed by atoms with van der Waals surface area (Å²) in [6.45, 7) is 5.25. The van der Waals surface area contributed by atoms with Crippen LogP contribution in [0.2, 0.25) is 0 Å². The molecule has 0 fully saturated rings. The Balaban J connectivity index is 0.00000450. The maximum Gasteiger partial charge on any atom is 0.204 e. The molecule has 6 heteroatoms. The van der Waals surface area contributed by atoms with Gasteiger partial charge in [-0.2, -0.15) is 0 Å². The Bertz CT molecular complexity index is 753. The van der Waals surface area contributed by atoms with Crippen molar-refractivity contribution in [2.75, 3.05) is 27.2 Å². The molecule has 2 aromatic rings. The van der Waals surface area contributed by atoms with E-state index in [2.05, 4.69) is 42.6 Å². The first-order valence-electron chi connectivity index (χ1n) is 11.6. The van der Waals surface area contributed by atoms with Crippen molar-refractivity contribution in [3.63, 3.8) is 0 Å². The predicted octanol–water partition coefficient (Wildman–Crippen LogP) is 5.80. The Kier molecular flexibility index (Phi) is 13.8. The van der Waals surface area contributed by atoms with Gasteiger partial charge >= 0.3 is 0 Å². The van der Waals surface area contributed by atoms with Crippen LogP contribution < -0.4 is 5.62 Å². The normalized spacial score (nSPS) is 11.3. The third kappa shape index (κ3) is 8.83. The first-order valence-corrected chi connectivity index (χ1v) is 11.6. The van der Waals surface area contributed by atoms with Crippen LogP contribution in [0.5, 0.6) is 0 Å². The van der Waals surface area contributed by atoms with E-state index in [4.69, 9.17) is 10.1 Å². The second kappa shape index (κ2) is 15.5. The topological polar surface area (TPSA) is 46.2 Å². The van der Waals surface area contributed by atoms with E-state index in [1.807, 2.05) is 16.7 Å². The molecular weight excluding hydrogens is 396 g/mol. The van der Waals surface area contributed by atoms with Crippen LogP contribution in [0.15, 0.2) is 24.3 Å². The number of unbranched alkanes of at least 4 members (excludes halogenated alkanes) is 9. The van der Waals surface area contributed by atoms with Crippen LogP contribution in [0.4, 0.5) is 0 Å². The average Bonchev–Trinajstić information content (AvgIpc) is 2.98. The number of ether oxygens (including phenoxy) is 1. The second-order valence-electron chi connectivity index (χ2n) is 8.41. The van der Waals surface area contributed by atoms with Crippen molar-refractivity contribution in [3.05, 3.63) is 29.9 Å². The minimum atomic E-state index is 0. The van der Waals surface area contributed by atoms with E-state index in [0.717, 1.165) is 37.2 Å². The van der Waals surface area contributed by atoms with Gasteiger partial charge in [-0.1, -0.05) is 76.8 Å². The van der Waals surface area contributed by atoms with Crippen molar-refractivity contribution in [2.24, 2.45) is 0 Å². The Morgan fingerprint density at radius 3 is 1.93 bits per heavy atom. The summed E-state index contributed by atoms with van der Waals surface area (Å²) in [6, 6.07) is 8.27. The van der Waals surface area contributed by atoms with Gasteiger partial charge < -0.3 is 14.2 Å². The summed E-state index contributed by atoms with van der Waals surface area (Å²) in [5.74, 6) is 0. The first kappa shape index (κ1) is 26.7. The van der Waals surface area contributed by atoms with Crippen LogP contribution in [-0.2, 0) is 18.0 Å². The lowest BCUT2D eigenvalue weighted by molar-refractivity contribution is 0.0728.